The third-order valence-electron chi connectivity index (χ3n) is 6.24. The van der Waals surface area contributed by atoms with Crippen LogP contribution < -0.4 is 10.1 Å². The van der Waals surface area contributed by atoms with Gasteiger partial charge in [0, 0.05) is 6.54 Å². The number of hydrogen-bond acceptors (Lipinski definition) is 4. The van der Waals surface area contributed by atoms with E-state index in [-0.39, 0.29) is 16.2 Å². The second kappa shape index (κ2) is 12.0. The Bertz CT molecular complexity index is 1550. The molecular formula is C31H30FNO4S. The van der Waals surface area contributed by atoms with Gasteiger partial charge in [-0.25, -0.2) is 12.8 Å². The molecule has 0 unspecified atom stereocenters. The lowest BCUT2D eigenvalue weighted by Gasteiger charge is -2.13. The maximum absolute atomic E-state index is 13.8. The van der Waals surface area contributed by atoms with E-state index in [2.05, 4.69) is 5.32 Å². The molecule has 7 heteroatoms. The molecule has 0 aromatic heterocycles. The second-order valence-electron chi connectivity index (χ2n) is 9.15. The van der Waals surface area contributed by atoms with Gasteiger partial charge in [0.2, 0.25) is 0 Å². The summed E-state index contributed by atoms with van der Waals surface area (Å²) >= 11 is 0. The number of hydrogen-bond donors (Lipinski definition) is 1. The zero-order valence-electron chi connectivity index (χ0n) is 21.4. The summed E-state index contributed by atoms with van der Waals surface area (Å²) in [7, 11) is -2.24. The van der Waals surface area contributed by atoms with E-state index in [0.717, 1.165) is 22.3 Å². The van der Waals surface area contributed by atoms with Crippen LogP contribution in [0.1, 0.15) is 33.5 Å². The van der Waals surface area contributed by atoms with E-state index in [4.69, 9.17) is 4.74 Å². The number of amides is 1. The van der Waals surface area contributed by atoms with E-state index in [1.54, 1.807) is 24.3 Å². The monoisotopic (exact) mass is 531 g/mol. The number of nitrogens with one attached hydrogen (secondary N) is 1. The average Bonchev–Trinajstić information content (AvgIpc) is 2.91. The molecule has 4 aromatic carbocycles. The molecule has 0 aliphatic rings. The highest BCUT2D eigenvalue weighted by atomic mass is 32.2. The van der Waals surface area contributed by atoms with Gasteiger partial charge in [0.25, 0.3) is 5.91 Å². The lowest BCUT2D eigenvalue weighted by atomic mass is 10.0. The summed E-state index contributed by atoms with van der Waals surface area (Å²) in [5.41, 5.74) is 4.47. The number of sulfone groups is 1. The fourth-order valence-electron chi connectivity index (χ4n) is 4.33. The zero-order valence-corrected chi connectivity index (χ0v) is 22.2. The van der Waals surface area contributed by atoms with Crippen molar-refractivity contribution in [2.45, 2.75) is 30.4 Å². The summed E-state index contributed by atoms with van der Waals surface area (Å²) in [6.07, 6.45) is 1.26. The van der Waals surface area contributed by atoms with Crippen molar-refractivity contribution in [3.8, 4) is 16.9 Å². The molecule has 0 aliphatic carbocycles. The van der Waals surface area contributed by atoms with Gasteiger partial charge >= 0.3 is 0 Å². The minimum absolute atomic E-state index is 0.0154. The standard InChI is InChI=1S/C31H30FNO4S/c1-22-8-5-12-25(18-22)26-15-16-29(37-2)30(20-26)38(35,36)21-24-10-6-9-23(19-24)11-7-17-33-31(34)27-13-3-4-14-28(27)32/h3-6,8-10,12-16,18-20H,7,11,17,21H2,1-2H3,(H,33,34). The normalized spacial score (nSPS) is 11.2. The molecule has 4 rings (SSSR count). The molecule has 0 heterocycles. The number of rotatable bonds is 10. The molecule has 1 N–H and O–H groups in total. The first kappa shape index (κ1) is 27.1. The van der Waals surface area contributed by atoms with Crippen LogP contribution >= 0.6 is 0 Å². The maximum atomic E-state index is 13.8. The van der Waals surface area contributed by atoms with Crippen LogP contribution in [0.25, 0.3) is 11.1 Å². The van der Waals surface area contributed by atoms with Gasteiger partial charge in [-0.15, -0.1) is 0 Å². The van der Waals surface area contributed by atoms with Crippen LogP contribution in [-0.4, -0.2) is 28.0 Å². The Morgan fingerprint density at radius 2 is 1.61 bits per heavy atom. The maximum Gasteiger partial charge on any atom is 0.254 e. The van der Waals surface area contributed by atoms with Crippen LogP contribution in [-0.2, 0) is 22.0 Å². The van der Waals surface area contributed by atoms with Crippen molar-refractivity contribution in [1.29, 1.82) is 0 Å². The average molecular weight is 532 g/mol. The van der Waals surface area contributed by atoms with Crippen LogP contribution in [0.15, 0.2) is 95.9 Å². The molecule has 0 radical (unpaired) electrons. The molecule has 0 saturated heterocycles. The zero-order chi connectivity index (χ0) is 27.1. The lowest BCUT2D eigenvalue weighted by Crippen LogP contribution is -2.25. The molecule has 0 fully saturated rings. The van der Waals surface area contributed by atoms with Crippen molar-refractivity contribution in [2.75, 3.05) is 13.7 Å². The van der Waals surface area contributed by atoms with Crippen LogP contribution in [0.4, 0.5) is 4.39 Å². The molecule has 0 saturated carbocycles. The number of aryl methyl sites for hydroxylation is 2. The number of carbonyl (C=O) groups excluding carboxylic acids is 1. The Kier molecular flexibility index (Phi) is 8.59. The predicted octanol–water partition coefficient (Wildman–Crippen LogP) is 6.15. The van der Waals surface area contributed by atoms with Crippen molar-refractivity contribution in [2.24, 2.45) is 0 Å². The number of benzene rings is 4. The first-order valence-electron chi connectivity index (χ1n) is 12.4. The Hall–Kier alpha value is -3.97. The highest BCUT2D eigenvalue weighted by Crippen LogP contribution is 2.32. The van der Waals surface area contributed by atoms with Gasteiger partial charge in [0.05, 0.1) is 18.4 Å². The van der Waals surface area contributed by atoms with E-state index in [9.17, 15) is 17.6 Å². The minimum atomic E-state index is -3.70. The van der Waals surface area contributed by atoms with Gasteiger partial charge in [-0.2, -0.15) is 0 Å². The van der Waals surface area contributed by atoms with Gasteiger partial charge in [-0.3, -0.25) is 4.79 Å². The molecular weight excluding hydrogens is 501 g/mol. The summed E-state index contributed by atoms with van der Waals surface area (Å²) in [6.45, 7) is 2.37. The Morgan fingerprint density at radius 3 is 2.37 bits per heavy atom. The van der Waals surface area contributed by atoms with Crippen molar-refractivity contribution >= 4 is 15.7 Å². The van der Waals surface area contributed by atoms with Crippen molar-refractivity contribution in [3.05, 3.63) is 119 Å². The van der Waals surface area contributed by atoms with E-state index in [1.165, 1.54) is 25.3 Å². The van der Waals surface area contributed by atoms with Crippen LogP contribution in [0.3, 0.4) is 0 Å². The fraction of sp³-hybridized carbons (Fsp3) is 0.194. The van der Waals surface area contributed by atoms with Gasteiger partial charge in [-0.1, -0.05) is 72.3 Å². The minimum Gasteiger partial charge on any atom is -0.495 e. The molecule has 196 valence electrons. The molecule has 0 spiro atoms. The molecule has 4 aromatic rings. The highest BCUT2D eigenvalue weighted by Gasteiger charge is 2.21. The van der Waals surface area contributed by atoms with E-state index in [1.807, 2.05) is 55.5 Å². The molecule has 0 bridgehead atoms. The number of ether oxygens (including phenoxy) is 1. The highest BCUT2D eigenvalue weighted by molar-refractivity contribution is 7.90. The molecule has 5 nitrogen and oxygen atoms in total. The largest absolute Gasteiger partial charge is 0.495 e. The first-order chi connectivity index (χ1) is 18.3. The third-order valence-corrected chi connectivity index (χ3v) is 7.95. The molecule has 1 amide bonds. The fourth-order valence-corrected chi connectivity index (χ4v) is 5.87. The van der Waals surface area contributed by atoms with Crippen LogP contribution in [0.5, 0.6) is 5.75 Å². The quantitative estimate of drug-likeness (QED) is 0.249. The topological polar surface area (TPSA) is 72.5 Å². The van der Waals surface area contributed by atoms with Crippen molar-refractivity contribution in [1.82, 2.24) is 5.32 Å². The van der Waals surface area contributed by atoms with Gasteiger partial charge in [-0.05, 0) is 66.3 Å². The number of carbonyl (C=O) groups is 1. The Labute approximate surface area is 223 Å². The van der Waals surface area contributed by atoms with Crippen molar-refractivity contribution < 1.29 is 22.3 Å². The lowest BCUT2D eigenvalue weighted by molar-refractivity contribution is 0.0949. The Balaban J connectivity index is 1.44. The summed E-state index contributed by atoms with van der Waals surface area (Å²) < 4.78 is 46.1. The second-order valence-corrected chi connectivity index (χ2v) is 11.1. The van der Waals surface area contributed by atoms with Gasteiger partial charge in [0.15, 0.2) is 9.84 Å². The molecule has 0 aliphatic heterocycles. The van der Waals surface area contributed by atoms with Crippen LogP contribution in [0.2, 0.25) is 0 Å². The van der Waals surface area contributed by atoms with Gasteiger partial charge in [0.1, 0.15) is 16.5 Å². The van der Waals surface area contributed by atoms with Crippen molar-refractivity contribution in [3.63, 3.8) is 0 Å². The third kappa shape index (κ3) is 6.66. The van der Waals surface area contributed by atoms with Crippen LogP contribution in [0, 0.1) is 12.7 Å². The first-order valence-corrected chi connectivity index (χ1v) is 14.0. The van der Waals surface area contributed by atoms with E-state index >= 15 is 0 Å². The SMILES string of the molecule is COc1ccc(-c2cccc(C)c2)cc1S(=O)(=O)Cc1cccc(CCCNC(=O)c2ccccc2F)c1. The van der Waals surface area contributed by atoms with E-state index < -0.39 is 21.6 Å². The van der Waals surface area contributed by atoms with Gasteiger partial charge < -0.3 is 10.1 Å². The summed E-state index contributed by atoms with van der Waals surface area (Å²) in [6, 6.07) is 26.4. The Morgan fingerprint density at radius 1 is 0.868 bits per heavy atom. The molecule has 38 heavy (non-hydrogen) atoms. The van der Waals surface area contributed by atoms with E-state index in [0.29, 0.717) is 30.7 Å². The summed E-state index contributed by atoms with van der Waals surface area (Å²) in [5.74, 6) is -0.869. The number of halogens is 1. The smallest absolute Gasteiger partial charge is 0.254 e. The predicted molar refractivity (Wildman–Crippen MR) is 148 cm³/mol. The number of methoxy groups -OCH3 is 1. The molecule has 0 atom stereocenters. The summed E-state index contributed by atoms with van der Waals surface area (Å²) in [4.78, 5) is 12.3. The summed E-state index contributed by atoms with van der Waals surface area (Å²) in [5, 5.41) is 2.73.